The minimum Gasteiger partial charge on any atom is -0.390 e. The number of nitrogens with zero attached hydrogens (tertiary/aromatic N) is 1. The molecule has 2 fully saturated rings. The zero-order chi connectivity index (χ0) is 15.1. The zero-order valence-corrected chi connectivity index (χ0v) is 13.9. The number of aliphatic hydroxyl groups excluding tert-OH is 1. The lowest BCUT2D eigenvalue weighted by Gasteiger charge is -2.32. The van der Waals surface area contributed by atoms with E-state index in [4.69, 9.17) is 4.74 Å². The van der Waals surface area contributed by atoms with Crippen molar-refractivity contribution in [1.82, 2.24) is 10.2 Å². The van der Waals surface area contributed by atoms with Crippen molar-refractivity contribution in [3.05, 3.63) is 0 Å². The maximum atomic E-state index is 10.2. The third-order valence-electron chi connectivity index (χ3n) is 4.96. The van der Waals surface area contributed by atoms with Crippen LogP contribution in [0.3, 0.4) is 0 Å². The largest absolute Gasteiger partial charge is 0.390 e. The van der Waals surface area contributed by atoms with Gasteiger partial charge in [-0.05, 0) is 30.6 Å². The Morgan fingerprint density at radius 3 is 2.48 bits per heavy atom. The molecule has 4 heteroatoms. The Hall–Kier alpha value is -0.160. The summed E-state index contributed by atoms with van der Waals surface area (Å²) in [4.78, 5) is 2.30. The molecule has 0 bridgehead atoms. The zero-order valence-electron chi connectivity index (χ0n) is 13.9. The number of ether oxygens (including phenoxy) is 1. The van der Waals surface area contributed by atoms with E-state index in [9.17, 15) is 5.11 Å². The second-order valence-electron chi connectivity index (χ2n) is 7.50. The van der Waals surface area contributed by atoms with Crippen LogP contribution in [0, 0.1) is 11.3 Å². The monoisotopic (exact) mass is 298 g/mol. The Morgan fingerprint density at radius 2 is 1.86 bits per heavy atom. The molecule has 0 radical (unpaired) electrons. The number of morpholine rings is 1. The van der Waals surface area contributed by atoms with Crippen LogP contribution in [0.5, 0.6) is 0 Å². The molecule has 0 spiro atoms. The topological polar surface area (TPSA) is 44.7 Å². The lowest BCUT2D eigenvalue weighted by Crippen LogP contribution is -2.45. The Kier molecular flexibility index (Phi) is 6.93. The number of rotatable bonds is 8. The van der Waals surface area contributed by atoms with Crippen LogP contribution in [-0.2, 0) is 4.74 Å². The maximum absolute atomic E-state index is 10.2. The fourth-order valence-corrected chi connectivity index (χ4v) is 4.09. The second kappa shape index (κ2) is 8.47. The van der Waals surface area contributed by atoms with Crippen molar-refractivity contribution in [3.8, 4) is 0 Å². The molecule has 4 nitrogen and oxygen atoms in total. The van der Waals surface area contributed by atoms with Gasteiger partial charge in [-0.2, -0.15) is 0 Å². The summed E-state index contributed by atoms with van der Waals surface area (Å²) >= 11 is 0. The number of aliphatic hydroxyl groups is 1. The Bertz CT molecular complexity index is 285. The molecule has 1 heterocycles. The van der Waals surface area contributed by atoms with Crippen molar-refractivity contribution >= 4 is 0 Å². The minimum absolute atomic E-state index is 0.263. The number of nitrogens with one attached hydrogen (secondary N) is 1. The highest BCUT2D eigenvalue weighted by molar-refractivity contribution is 4.87. The first-order valence-electron chi connectivity index (χ1n) is 8.78. The van der Waals surface area contributed by atoms with Gasteiger partial charge in [0.05, 0.1) is 19.3 Å². The second-order valence-corrected chi connectivity index (χ2v) is 7.50. The molecule has 1 unspecified atom stereocenters. The standard InChI is InChI=1S/C17H34N2O2/c1-15(2)11-17(5-3-4-6-17)14-18-12-16(20)13-19-7-9-21-10-8-19/h15-16,18,20H,3-14H2,1-2H3. The van der Waals surface area contributed by atoms with E-state index in [0.717, 1.165) is 51.9 Å². The molecule has 21 heavy (non-hydrogen) atoms. The molecule has 1 saturated carbocycles. The van der Waals surface area contributed by atoms with Crippen LogP contribution in [0.25, 0.3) is 0 Å². The van der Waals surface area contributed by atoms with Crippen LogP contribution < -0.4 is 5.32 Å². The SMILES string of the molecule is CC(C)CC1(CNCC(O)CN2CCOCC2)CCCC1. The van der Waals surface area contributed by atoms with Gasteiger partial charge in [0.1, 0.15) is 0 Å². The molecule has 1 atom stereocenters. The Morgan fingerprint density at radius 1 is 1.19 bits per heavy atom. The highest BCUT2D eigenvalue weighted by Gasteiger charge is 2.34. The molecule has 0 aromatic carbocycles. The summed E-state index contributed by atoms with van der Waals surface area (Å²) < 4.78 is 5.34. The molecule has 1 aliphatic carbocycles. The maximum Gasteiger partial charge on any atom is 0.0791 e. The van der Waals surface area contributed by atoms with Crippen molar-refractivity contribution in [2.75, 3.05) is 45.9 Å². The van der Waals surface area contributed by atoms with Crippen LogP contribution in [0.4, 0.5) is 0 Å². The minimum atomic E-state index is -0.263. The van der Waals surface area contributed by atoms with Gasteiger partial charge in [-0.25, -0.2) is 0 Å². The third kappa shape index (κ3) is 5.85. The van der Waals surface area contributed by atoms with E-state index in [1.165, 1.54) is 32.1 Å². The molecule has 1 aliphatic heterocycles. The fraction of sp³-hybridized carbons (Fsp3) is 1.00. The molecular formula is C17H34N2O2. The molecule has 0 amide bonds. The van der Waals surface area contributed by atoms with Crippen molar-refractivity contribution in [2.24, 2.45) is 11.3 Å². The Labute approximate surface area is 130 Å². The van der Waals surface area contributed by atoms with E-state index < -0.39 is 0 Å². The summed E-state index contributed by atoms with van der Waals surface area (Å²) in [6, 6.07) is 0. The van der Waals surface area contributed by atoms with Crippen LogP contribution >= 0.6 is 0 Å². The molecule has 2 rings (SSSR count). The molecule has 0 aromatic heterocycles. The molecular weight excluding hydrogens is 264 g/mol. The smallest absolute Gasteiger partial charge is 0.0791 e. The number of hydrogen-bond acceptors (Lipinski definition) is 4. The first kappa shape index (κ1) is 17.2. The molecule has 1 saturated heterocycles. The predicted octanol–water partition coefficient (Wildman–Crippen LogP) is 1.88. The van der Waals surface area contributed by atoms with Crippen LogP contribution in [0.1, 0.15) is 46.0 Å². The first-order valence-corrected chi connectivity index (χ1v) is 8.78. The summed E-state index contributed by atoms with van der Waals surface area (Å²) in [5.41, 5.74) is 0.493. The summed E-state index contributed by atoms with van der Waals surface area (Å²) in [5.74, 6) is 0.767. The molecule has 124 valence electrons. The Balaban J connectivity index is 1.66. The normalized spacial score (nSPS) is 24.6. The highest BCUT2D eigenvalue weighted by Crippen LogP contribution is 2.42. The quantitative estimate of drug-likeness (QED) is 0.718. The van der Waals surface area contributed by atoms with Gasteiger partial charge in [0.2, 0.25) is 0 Å². The summed E-state index contributed by atoms with van der Waals surface area (Å²) in [6.45, 7) is 10.7. The van der Waals surface area contributed by atoms with E-state index in [0.29, 0.717) is 5.41 Å². The van der Waals surface area contributed by atoms with Gasteiger partial charge < -0.3 is 15.2 Å². The fourth-order valence-electron chi connectivity index (χ4n) is 4.09. The van der Waals surface area contributed by atoms with Crippen LogP contribution in [0.15, 0.2) is 0 Å². The van der Waals surface area contributed by atoms with E-state index >= 15 is 0 Å². The van der Waals surface area contributed by atoms with Crippen molar-refractivity contribution < 1.29 is 9.84 Å². The van der Waals surface area contributed by atoms with Gasteiger partial charge in [0.25, 0.3) is 0 Å². The van der Waals surface area contributed by atoms with E-state index in [1.54, 1.807) is 0 Å². The predicted molar refractivity (Wildman–Crippen MR) is 86.5 cm³/mol. The molecule has 2 aliphatic rings. The average molecular weight is 298 g/mol. The van der Waals surface area contributed by atoms with Crippen molar-refractivity contribution in [3.63, 3.8) is 0 Å². The van der Waals surface area contributed by atoms with Gasteiger partial charge in [-0.3, -0.25) is 4.90 Å². The van der Waals surface area contributed by atoms with E-state index in [2.05, 4.69) is 24.1 Å². The lowest BCUT2D eigenvalue weighted by molar-refractivity contribution is 0.0144. The summed E-state index contributed by atoms with van der Waals surface area (Å²) in [7, 11) is 0. The van der Waals surface area contributed by atoms with Crippen LogP contribution in [0.2, 0.25) is 0 Å². The number of hydrogen-bond donors (Lipinski definition) is 2. The van der Waals surface area contributed by atoms with Gasteiger partial charge in [-0.15, -0.1) is 0 Å². The average Bonchev–Trinajstić information content (AvgIpc) is 2.87. The van der Waals surface area contributed by atoms with Gasteiger partial charge in [0.15, 0.2) is 0 Å². The summed E-state index contributed by atoms with van der Waals surface area (Å²) in [5, 5.41) is 13.8. The highest BCUT2D eigenvalue weighted by atomic mass is 16.5. The molecule has 2 N–H and O–H groups in total. The van der Waals surface area contributed by atoms with E-state index in [-0.39, 0.29) is 6.10 Å². The lowest BCUT2D eigenvalue weighted by atomic mass is 9.78. The molecule has 0 aromatic rings. The van der Waals surface area contributed by atoms with Gasteiger partial charge in [-0.1, -0.05) is 26.7 Å². The van der Waals surface area contributed by atoms with Crippen molar-refractivity contribution in [2.45, 2.75) is 52.1 Å². The third-order valence-corrected chi connectivity index (χ3v) is 4.96. The van der Waals surface area contributed by atoms with Crippen molar-refractivity contribution in [1.29, 1.82) is 0 Å². The summed E-state index contributed by atoms with van der Waals surface area (Å²) in [6.07, 6.45) is 6.53. The number of β-amino-alcohol motifs (C(OH)–C–C–N with tert-alkyl or cyclic N) is 1. The van der Waals surface area contributed by atoms with Crippen LogP contribution in [-0.4, -0.2) is 62.0 Å². The van der Waals surface area contributed by atoms with Gasteiger partial charge >= 0.3 is 0 Å². The van der Waals surface area contributed by atoms with Gasteiger partial charge in [0, 0.05) is 32.7 Å². The van der Waals surface area contributed by atoms with E-state index in [1.807, 2.05) is 0 Å². The first-order chi connectivity index (χ1) is 10.1.